The molecule has 0 spiro atoms. The van der Waals surface area contributed by atoms with E-state index in [0.29, 0.717) is 34.0 Å². The van der Waals surface area contributed by atoms with Gasteiger partial charge in [-0.1, -0.05) is 17.3 Å². The second-order valence-corrected chi connectivity index (χ2v) is 7.04. The van der Waals surface area contributed by atoms with Crippen molar-refractivity contribution in [1.82, 2.24) is 20.0 Å². The number of aryl methyl sites for hydroxylation is 1. The van der Waals surface area contributed by atoms with E-state index in [2.05, 4.69) is 20.6 Å². The van der Waals surface area contributed by atoms with Crippen molar-refractivity contribution in [1.29, 1.82) is 0 Å². The Morgan fingerprint density at radius 2 is 2.03 bits per heavy atom. The summed E-state index contributed by atoms with van der Waals surface area (Å²) in [5.41, 5.74) is 1.75. The van der Waals surface area contributed by atoms with Crippen LogP contribution >= 0.6 is 11.3 Å². The molecule has 2 heterocycles. The number of rotatable bonds is 4. The van der Waals surface area contributed by atoms with Gasteiger partial charge in [-0.3, -0.25) is 10.1 Å². The fourth-order valence-electron chi connectivity index (χ4n) is 2.83. The molecule has 0 bridgehead atoms. The standard InChI is InChI=1S/C19H14F3N5OS/c1-2-27-16-7-6-12(9-14(16)25-26-27)17(28)24-18-23-15(10-29-18)11-4-3-5-13(8-11)19(20,21)22/h3-10H,2H2,1H3,(H,23,24,28). The number of nitrogens with zero attached hydrogens (tertiary/aromatic N) is 4. The summed E-state index contributed by atoms with van der Waals surface area (Å²) < 4.78 is 40.4. The summed E-state index contributed by atoms with van der Waals surface area (Å²) in [4.78, 5) is 16.8. The monoisotopic (exact) mass is 417 g/mol. The zero-order valence-corrected chi connectivity index (χ0v) is 15.9. The van der Waals surface area contributed by atoms with Crippen LogP contribution in [0.1, 0.15) is 22.8 Å². The van der Waals surface area contributed by atoms with Crippen LogP contribution in [-0.4, -0.2) is 25.9 Å². The molecule has 4 aromatic rings. The largest absolute Gasteiger partial charge is 0.416 e. The van der Waals surface area contributed by atoms with Gasteiger partial charge in [-0.25, -0.2) is 9.67 Å². The van der Waals surface area contributed by atoms with Gasteiger partial charge in [0.25, 0.3) is 5.91 Å². The summed E-state index contributed by atoms with van der Waals surface area (Å²) in [6, 6.07) is 9.97. The van der Waals surface area contributed by atoms with Gasteiger partial charge in [0.15, 0.2) is 5.13 Å². The van der Waals surface area contributed by atoms with Crippen LogP contribution in [0.25, 0.3) is 22.3 Å². The number of alkyl halides is 3. The molecule has 6 nitrogen and oxygen atoms in total. The van der Waals surface area contributed by atoms with Crippen LogP contribution in [0, 0.1) is 0 Å². The Bertz CT molecular complexity index is 1200. The minimum absolute atomic E-state index is 0.291. The molecule has 0 aliphatic rings. The molecular weight excluding hydrogens is 403 g/mol. The Labute approximate surface area is 167 Å². The van der Waals surface area contributed by atoms with Gasteiger partial charge in [-0.05, 0) is 37.3 Å². The van der Waals surface area contributed by atoms with Crippen molar-refractivity contribution < 1.29 is 18.0 Å². The Kier molecular flexibility index (Phi) is 4.79. The highest BCUT2D eigenvalue weighted by molar-refractivity contribution is 7.14. The molecule has 0 fully saturated rings. The predicted octanol–water partition coefficient (Wildman–Crippen LogP) is 4.85. The highest BCUT2D eigenvalue weighted by Gasteiger charge is 2.30. The highest BCUT2D eigenvalue weighted by atomic mass is 32.1. The van der Waals surface area contributed by atoms with Gasteiger partial charge in [0.05, 0.1) is 16.8 Å². The Morgan fingerprint density at radius 3 is 2.79 bits per heavy atom. The van der Waals surface area contributed by atoms with E-state index in [0.717, 1.165) is 29.0 Å². The van der Waals surface area contributed by atoms with E-state index in [-0.39, 0.29) is 5.91 Å². The lowest BCUT2D eigenvalue weighted by Gasteiger charge is -2.07. The second kappa shape index (κ2) is 7.28. The van der Waals surface area contributed by atoms with Crippen LogP contribution in [0.15, 0.2) is 47.8 Å². The van der Waals surface area contributed by atoms with Crippen LogP contribution in [0.3, 0.4) is 0 Å². The second-order valence-electron chi connectivity index (χ2n) is 6.18. The van der Waals surface area contributed by atoms with Gasteiger partial charge in [0.2, 0.25) is 0 Å². The third-order valence-electron chi connectivity index (χ3n) is 4.29. The fraction of sp³-hybridized carbons (Fsp3) is 0.158. The number of hydrogen-bond donors (Lipinski definition) is 1. The first-order chi connectivity index (χ1) is 13.8. The number of anilines is 1. The SMILES string of the molecule is CCn1nnc2cc(C(=O)Nc3nc(-c4cccc(C(F)(F)F)c4)cs3)ccc21. The molecule has 0 saturated heterocycles. The van der Waals surface area contributed by atoms with Gasteiger partial charge in [0, 0.05) is 23.1 Å². The summed E-state index contributed by atoms with van der Waals surface area (Å²) in [5.74, 6) is -0.386. The van der Waals surface area contributed by atoms with Gasteiger partial charge in [0.1, 0.15) is 5.52 Å². The van der Waals surface area contributed by atoms with Crippen LogP contribution in [0.5, 0.6) is 0 Å². The van der Waals surface area contributed by atoms with Gasteiger partial charge >= 0.3 is 6.18 Å². The lowest BCUT2D eigenvalue weighted by atomic mass is 10.1. The number of fused-ring (bicyclic) bond motifs is 1. The summed E-state index contributed by atoms with van der Waals surface area (Å²) >= 11 is 1.14. The van der Waals surface area contributed by atoms with Crippen molar-refractivity contribution in [2.24, 2.45) is 0 Å². The molecule has 4 rings (SSSR count). The topological polar surface area (TPSA) is 72.7 Å². The first-order valence-corrected chi connectivity index (χ1v) is 9.51. The molecule has 2 aromatic carbocycles. The zero-order valence-electron chi connectivity index (χ0n) is 15.1. The summed E-state index contributed by atoms with van der Waals surface area (Å²) in [6.07, 6.45) is -4.43. The molecule has 0 saturated carbocycles. The maximum Gasteiger partial charge on any atom is 0.416 e. The van der Waals surface area contributed by atoms with Crippen molar-refractivity contribution in [2.45, 2.75) is 19.6 Å². The minimum Gasteiger partial charge on any atom is -0.298 e. The Morgan fingerprint density at radius 1 is 1.21 bits per heavy atom. The van der Waals surface area contributed by atoms with Gasteiger partial charge < -0.3 is 0 Å². The molecule has 0 atom stereocenters. The van der Waals surface area contributed by atoms with E-state index >= 15 is 0 Å². The first-order valence-electron chi connectivity index (χ1n) is 8.63. The summed E-state index contributed by atoms with van der Waals surface area (Å²) in [6.45, 7) is 2.61. The molecule has 0 aliphatic carbocycles. The molecule has 2 aromatic heterocycles. The molecule has 0 unspecified atom stereocenters. The van der Waals surface area contributed by atoms with Crippen LogP contribution in [0.4, 0.5) is 18.3 Å². The predicted molar refractivity (Wildman–Crippen MR) is 104 cm³/mol. The molecule has 0 aliphatic heterocycles. The zero-order chi connectivity index (χ0) is 20.6. The molecule has 29 heavy (non-hydrogen) atoms. The molecule has 1 N–H and O–H groups in total. The first kappa shape index (κ1) is 19.1. The van der Waals surface area contributed by atoms with Crippen molar-refractivity contribution >= 4 is 33.4 Å². The molecule has 148 valence electrons. The van der Waals surface area contributed by atoms with E-state index in [1.54, 1.807) is 34.3 Å². The number of thiazole rings is 1. The Hall–Kier alpha value is -3.27. The number of benzene rings is 2. The highest BCUT2D eigenvalue weighted by Crippen LogP contribution is 2.33. The van der Waals surface area contributed by atoms with Crippen molar-refractivity contribution in [3.05, 3.63) is 59.0 Å². The van der Waals surface area contributed by atoms with E-state index in [1.165, 1.54) is 6.07 Å². The van der Waals surface area contributed by atoms with E-state index in [1.807, 2.05) is 6.92 Å². The number of hydrogen-bond acceptors (Lipinski definition) is 5. The average molecular weight is 417 g/mol. The maximum absolute atomic E-state index is 12.9. The molecule has 1 amide bonds. The number of nitrogens with one attached hydrogen (secondary N) is 1. The van der Waals surface area contributed by atoms with Crippen molar-refractivity contribution in [2.75, 3.05) is 5.32 Å². The lowest BCUT2D eigenvalue weighted by molar-refractivity contribution is -0.137. The van der Waals surface area contributed by atoms with E-state index in [4.69, 9.17) is 0 Å². The molecular formula is C19H14F3N5OS. The summed E-state index contributed by atoms with van der Waals surface area (Å²) in [7, 11) is 0. The van der Waals surface area contributed by atoms with E-state index in [9.17, 15) is 18.0 Å². The molecule has 10 heteroatoms. The van der Waals surface area contributed by atoms with Gasteiger partial charge in [-0.15, -0.1) is 16.4 Å². The third kappa shape index (κ3) is 3.83. The Balaban J connectivity index is 1.54. The summed E-state index contributed by atoms with van der Waals surface area (Å²) in [5, 5.41) is 12.6. The lowest BCUT2D eigenvalue weighted by Crippen LogP contribution is -2.11. The van der Waals surface area contributed by atoms with Crippen LogP contribution < -0.4 is 5.32 Å². The van der Waals surface area contributed by atoms with E-state index < -0.39 is 11.7 Å². The average Bonchev–Trinajstić information content (AvgIpc) is 3.33. The number of aromatic nitrogens is 4. The number of amides is 1. The third-order valence-corrected chi connectivity index (χ3v) is 5.04. The number of halogens is 3. The normalized spacial score (nSPS) is 11.7. The van der Waals surface area contributed by atoms with Crippen molar-refractivity contribution in [3.8, 4) is 11.3 Å². The van der Waals surface area contributed by atoms with Gasteiger partial charge in [-0.2, -0.15) is 13.2 Å². The number of carbonyl (C=O) groups is 1. The molecule has 0 radical (unpaired) electrons. The quantitative estimate of drug-likeness (QED) is 0.515. The minimum atomic E-state index is -4.43. The van der Waals surface area contributed by atoms with Crippen LogP contribution in [0.2, 0.25) is 0 Å². The van der Waals surface area contributed by atoms with Crippen LogP contribution in [-0.2, 0) is 12.7 Å². The smallest absolute Gasteiger partial charge is 0.298 e. The van der Waals surface area contributed by atoms with Crippen molar-refractivity contribution in [3.63, 3.8) is 0 Å². The maximum atomic E-state index is 12.9. The fourth-order valence-corrected chi connectivity index (χ4v) is 3.55. The number of carbonyl (C=O) groups excluding carboxylic acids is 1.